The van der Waals surface area contributed by atoms with Gasteiger partial charge in [0.2, 0.25) is 10.0 Å². The average Bonchev–Trinajstić information content (AvgIpc) is 3.29. The van der Waals surface area contributed by atoms with Gasteiger partial charge in [-0.3, -0.25) is 9.59 Å². The molecule has 1 amide bonds. The fraction of sp³-hybridized carbons (Fsp3) is 0.389. The van der Waals surface area contributed by atoms with Gasteiger partial charge in [-0.2, -0.15) is 0 Å². The fourth-order valence-electron chi connectivity index (χ4n) is 2.81. The molecule has 0 saturated carbocycles. The third-order valence-electron chi connectivity index (χ3n) is 4.34. The number of carbonyl (C=O) groups excluding carboxylic acids is 2. The number of ether oxygens (including phenoxy) is 1. The van der Waals surface area contributed by atoms with Crippen molar-refractivity contribution in [2.75, 3.05) is 44.2 Å². The Kier molecular flexibility index (Phi) is 7.18. The molecule has 0 unspecified atom stereocenters. The number of amides is 1. The number of carbonyl (C=O) groups is 2. The number of hydrogen-bond donors (Lipinski definition) is 1. The molecule has 0 spiro atoms. The highest BCUT2D eigenvalue weighted by Gasteiger charge is 2.23. The summed E-state index contributed by atoms with van der Waals surface area (Å²) in [5, 5.41) is 1.66. The van der Waals surface area contributed by atoms with Crippen molar-refractivity contribution < 1.29 is 22.7 Å². The standard InChI is InChI=1S/C18H22N4O5S2/c23-16(22-11-9-21(10-12-22)15-4-1-2-7-19-15)14-27-17(24)6-8-20-29(25,26)18-5-3-13-28-18/h1-5,7,13,20H,6,8-12,14H2. The molecule has 0 radical (unpaired) electrons. The number of piperazine rings is 1. The summed E-state index contributed by atoms with van der Waals surface area (Å²) in [6.07, 6.45) is 1.58. The normalized spacial score (nSPS) is 14.6. The molecular formula is C18H22N4O5S2. The summed E-state index contributed by atoms with van der Waals surface area (Å²) in [7, 11) is -3.61. The van der Waals surface area contributed by atoms with Crippen molar-refractivity contribution in [1.29, 1.82) is 0 Å². The molecule has 2 aromatic rings. The second-order valence-corrected chi connectivity index (χ2v) is 9.24. The number of rotatable bonds is 8. The second-order valence-electron chi connectivity index (χ2n) is 6.30. The maximum atomic E-state index is 12.2. The summed E-state index contributed by atoms with van der Waals surface area (Å²) in [6.45, 7) is 1.92. The highest BCUT2D eigenvalue weighted by molar-refractivity contribution is 7.91. The molecule has 1 saturated heterocycles. The predicted molar refractivity (Wildman–Crippen MR) is 108 cm³/mol. The summed E-state index contributed by atoms with van der Waals surface area (Å²) in [5.74, 6) is -0.0198. The first kappa shape index (κ1) is 21.2. The number of nitrogens with one attached hydrogen (secondary N) is 1. The van der Waals surface area contributed by atoms with Crippen molar-refractivity contribution in [3.05, 3.63) is 41.9 Å². The molecule has 3 rings (SSSR count). The van der Waals surface area contributed by atoms with E-state index < -0.39 is 16.0 Å². The molecule has 3 heterocycles. The minimum atomic E-state index is -3.61. The molecule has 0 aromatic carbocycles. The zero-order valence-electron chi connectivity index (χ0n) is 15.7. The first-order valence-corrected chi connectivity index (χ1v) is 11.4. The molecule has 29 heavy (non-hydrogen) atoms. The number of nitrogens with zero attached hydrogens (tertiary/aromatic N) is 3. The Hall–Kier alpha value is -2.50. The van der Waals surface area contributed by atoms with Crippen molar-refractivity contribution in [3.8, 4) is 0 Å². The van der Waals surface area contributed by atoms with Crippen LogP contribution >= 0.6 is 11.3 Å². The van der Waals surface area contributed by atoms with E-state index in [1.54, 1.807) is 22.5 Å². The molecule has 9 nitrogen and oxygen atoms in total. The number of esters is 1. The molecule has 0 bridgehead atoms. The van der Waals surface area contributed by atoms with E-state index in [0.717, 1.165) is 17.2 Å². The molecule has 1 N–H and O–H groups in total. The molecule has 1 aliphatic heterocycles. The fourth-order valence-corrected chi connectivity index (χ4v) is 4.88. The molecule has 0 atom stereocenters. The van der Waals surface area contributed by atoms with Crippen molar-refractivity contribution >= 4 is 39.1 Å². The predicted octanol–water partition coefficient (Wildman–Crippen LogP) is 0.703. The molecule has 1 fully saturated rings. The summed E-state index contributed by atoms with van der Waals surface area (Å²) >= 11 is 1.09. The third kappa shape index (κ3) is 5.99. The van der Waals surface area contributed by atoms with E-state index in [1.807, 2.05) is 18.2 Å². The Morgan fingerprint density at radius 2 is 1.93 bits per heavy atom. The van der Waals surface area contributed by atoms with Crippen LogP contribution in [0.5, 0.6) is 0 Å². The van der Waals surface area contributed by atoms with Crippen LogP contribution in [0.15, 0.2) is 46.1 Å². The smallest absolute Gasteiger partial charge is 0.307 e. The Labute approximate surface area is 173 Å². The van der Waals surface area contributed by atoms with E-state index in [-0.39, 0.29) is 29.7 Å². The first-order chi connectivity index (χ1) is 14.0. The number of pyridine rings is 1. The van der Waals surface area contributed by atoms with Gasteiger partial charge in [0.15, 0.2) is 6.61 Å². The second kappa shape index (κ2) is 9.81. The van der Waals surface area contributed by atoms with Gasteiger partial charge in [-0.05, 0) is 23.6 Å². The Morgan fingerprint density at radius 1 is 1.14 bits per heavy atom. The van der Waals surface area contributed by atoms with Crippen LogP contribution in [-0.4, -0.2) is 69.5 Å². The van der Waals surface area contributed by atoms with Gasteiger partial charge in [-0.25, -0.2) is 18.1 Å². The van der Waals surface area contributed by atoms with Crippen LogP contribution < -0.4 is 9.62 Å². The van der Waals surface area contributed by atoms with Crippen LogP contribution in [0, 0.1) is 0 Å². The number of anilines is 1. The highest BCUT2D eigenvalue weighted by atomic mass is 32.2. The largest absolute Gasteiger partial charge is 0.456 e. The van der Waals surface area contributed by atoms with Crippen molar-refractivity contribution in [1.82, 2.24) is 14.6 Å². The zero-order valence-corrected chi connectivity index (χ0v) is 17.3. The number of thiophene rings is 1. The molecule has 11 heteroatoms. The molecule has 2 aromatic heterocycles. The maximum absolute atomic E-state index is 12.2. The lowest BCUT2D eigenvalue weighted by molar-refractivity contribution is -0.152. The zero-order chi connectivity index (χ0) is 20.7. The topological polar surface area (TPSA) is 109 Å². The van der Waals surface area contributed by atoms with Gasteiger partial charge in [-0.15, -0.1) is 11.3 Å². The molecule has 1 aliphatic rings. The van der Waals surface area contributed by atoms with Gasteiger partial charge in [0.05, 0.1) is 6.42 Å². The number of hydrogen-bond acceptors (Lipinski definition) is 8. The summed E-state index contributed by atoms with van der Waals surface area (Å²) in [4.78, 5) is 32.1. The quantitative estimate of drug-likeness (QED) is 0.605. The molecular weight excluding hydrogens is 416 g/mol. The lowest BCUT2D eigenvalue weighted by Gasteiger charge is -2.35. The van der Waals surface area contributed by atoms with E-state index in [9.17, 15) is 18.0 Å². The molecule has 0 aliphatic carbocycles. The van der Waals surface area contributed by atoms with Gasteiger partial charge >= 0.3 is 5.97 Å². The first-order valence-electron chi connectivity index (χ1n) is 9.08. The van der Waals surface area contributed by atoms with Gasteiger partial charge in [0.25, 0.3) is 5.91 Å². The van der Waals surface area contributed by atoms with Crippen LogP contribution in [0.1, 0.15) is 6.42 Å². The van der Waals surface area contributed by atoms with Crippen LogP contribution in [-0.2, 0) is 24.3 Å². The van der Waals surface area contributed by atoms with Crippen molar-refractivity contribution in [3.63, 3.8) is 0 Å². The van der Waals surface area contributed by atoms with Crippen molar-refractivity contribution in [2.24, 2.45) is 0 Å². The highest BCUT2D eigenvalue weighted by Crippen LogP contribution is 2.15. The Balaban J connectivity index is 1.35. The van der Waals surface area contributed by atoms with Crippen LogP contribution in [0.25, 0.3) is 0 Å². The lowest BCUT2D eigenvalue weighted by Crippen LogP contribution is -2.50. The third-order valence-corrected chi connectivity index (χ3v) is 7.20. The Bertz CT molecular complexity index is 911. The average molecular weight is 439 g/mol. The monoisotopic (exact) mass is 438 g/mol. The summed E-state index contributed by atoms with van der Waals surface area (Å²) < 4.78 is 31.4. The minimum Gasteiger partial charge on any atom is -0.456 e. The van der Waals surface area contributed by atoms with Gasteiger partial charge < -0.3 is 14.5 Å². The van der Waals surface area contributed by atoms with Gasteiger partial charge in [-0.1, -0.05) is 12.1 Å². The molecule has 156 valence electrons. The minimum absolute atomic E-state index is 0.0873. The summed E-state index contributed by atoms with van der Waals surface area (Å²) in [5.41, 5.74) is 0. The Morgan fingerprint density at radius 3 is 2.59 bits per heavy atom. The van der Waals surface area contributed by atoms with Crippen LogP contribution in [0.2, 0.25) is 0 Å². The van der Waals surface area contributed by atoms with Gasteiger partial charge in [0, 0.05) is 38.9 Å². The lowest BCUT2D eigenvalue weighted by atomic mass is 10.3. The van der Waals surface area contributed by atoms with Crippen LogP contribution in [0.4, 0.5) is 5.82 Å². The van der Waals surface area contributed by atoms with E-state index in [2.05, 4.69) is 14.6 Å². The number of aromatic nitrogens is 1. The van der Waals surface area contributed by atoms with Crippen LogP contribution in [0.3, 0.4) is 0 Å². The summed E-state index contributed by atoms with van der Waals surface area (Å²) in [6, 6.07) is 8.81. The van der Waals surface area contributed by atoms with Crippen molar-refractivity contribution in [2.45, 2.75) is 10.6 Å². The SMILES string of the molecule is O=C(CCNS(=O)(=O)c1cccs1)OCC(=O)N1CCN(c2ccccn2)CC1. The van der Waals surface area contributed by atoms with E-state index in [1.165, 1.54) is 6.07 Å². The van der Waals surface area contributed by atoms with E-state index >= 15 is 0 Å². The van der Waals surface area contributed by atoms with E-state index in [0.29, 0.717) is 26.2 Å². The maximum Gasteiger partial charge on any atom is 0.307 e. The van der Waals surface area contributed by atoms with E-state index in [4.69, 9.17) is 4.74 Å². The number of sulfonamides is 1. The van der Waals surface area contributed by atoms with Gasteiger partial charge in [0.1, 0.15) is 10.0 Å².